The summed E-state index contributed by atoms with van der Waals surface area (Å²) in [6, 6.07) is 9.91. The van der Waals surface area contributed by atoms with Crippen molar-refractivity contribution in [1.29, 1.82) is 0 Å². The van der Waals surface area contributed by atoms with Gasteiger partial charge >= 0.3 is 0 Å². The minimum atomic E-state index is 0.766. The van der Waals surface area contributed by atoms with Gasteiger partial charge in [0.1, 0.15) is 11.5 Å². The van der Waals surface area contributed by atoms with Crippen molar-refractivity contribution >= 4 is 22.6 Å². The molecule has 4 heteroatoms. The van der Waals surface area contributed by atoms with Gasteiger partial charge in [-0.2, -0.15) is 0 Å². The predicted molar refractivity (Wildman–Crippen MR) is 76.2 cm³/mol. The Bertz CT molecular complexity index is 502. The second-order valence-corrected chi connectivity index (χ2v) is 4.75. The van der Waals surface area contributed by atoms with Gasteiger partial charge in [-0.3, -0.25) is 4.98 Å². The van der Waals surface area contributed by atoms with Crippen LogP contribution >= 0.6 is 22.6 Å². The van der Waals surface area contributed by atoms with Crippen molar-refractivity contribution in [3.05, 3.63) is 51.9 Å². The molecule has 0 saturated carbocycles. The lowest BCUT2D eigenvalue weighted by Gasteiger charge is -2.08. The third-order valence-electron chi connectivity index (χ3n) is 2.22. The first-order chi connectivity index (χ1) is 8.29. The van der Waals surface area contributed by atoms with Gasteiger partial charge in [-0.15, -0.1) is 0 Å². The van der Waals surface area contributed by atoms with Crippen molar-refractivity contribution in [2.45, 2.75) is 6.54 Å². The third kappa shape index (κ3) is 3.41. The van der Waals surface area contributed by atoms with Crippen LogP contribution in [0.25, 0.3) is 0 Å². The molecule has 2 rings (SSSR count). The molecule has 0 unspecified atom stereocenters. The van der Waals surface area contributed by atoms with E-state index in [-0.39, 0.29) is 0 Å². The Morgan fingerprint density at radius 1 is 1.29 bits per heavy atom. The lowest BCUT2D eigenvalue weighted by atomic mass is 10.3. The minimum absolute atomic E-state index is 0.766. The van der Waals surface area contributed by atoms with Crippen LogP contribution in [0.15, 0.2) is 42.7 Å². The first-order valence-electron chi connectivity index (χ1n) is 5.30. The lowest BCUT2D eigenvalue weighted by molar-refractivity contribution is 0.476. The summed E-state index contributed by atoms with van der Waals surface area (Å²) < 4.78 is 6.89. The van der Waals surface area contributed by atoms with Crippen LogP contribution in [-0.4, -0.2) is 12.0 Å². The average molecular weight is 340 g/mol. The summed E-state index contributed by atoms with van der Waals surface area (Å²) in [7, 11) is 1.91. The highest BCUT2D eigenvalue weighted by Gasteiger charge is 2.02. The van der Waals surface area contributed by atoms with E-state index < -0.39 is 0 Å². The topological polar surface area (TPSA) is 34.2 Å². The molecule has 1 aromatic carbocycles. The third-order valence-corrected chi connectivity index (χ3v) is 3.11. The van der Waals surface area contributed by atoms with Gasteiger partial charge in [0.2, 0.25) is 0 Å². The zero-order valence-corrected chi connectivity index (χ0v) is 11.6. The Kier molecular flexibility index (Phi) is 4.33. The van der Waals surface area contributed by atoms with E-state index >= 15 is 0 Å². The normalized spacial score (nSPS) is 10.2. The van der Waals surface area contributed by atoms with Crippen LogP contribution in [-0.2, 0) is 6.54 Å². The van der Waals surface area contributed by atoms with Crippen LogP contribution in [0.5, 0.6) is 11.5 Å². The van der Waals surface area contributed by atoms with Gasteiger partial charge in [0, 0.05) is 12.7 Å². The SMILES string of the molecule is CNCc1cncc(Oc2ccccc2I)c1. The second kappa shape index (κ2) is 5.97. The number of hydrogen-bond acceptors (Lipinski definition) is 3. The lowest BCUT2D eigenvalue weighted by Crippen LogP contribution is -2.05. The quantitative estimate of drug-likeness (QED) is 0.868. The Morgan fingerprint density at radius 3 is 2.88 bits per heavy atom. The van der Waals surface area contributed by atoms with Gasteiger partial charge in [0.15, 0.2) is 0 Å². The van der Waals surface area contributed by atoms with Crippen molar-refractivity contribution in [3.63, 3.8) is 0 Å². The van der Waals surface area contributed by atoms with E-state index in [0.29, 0.717) is 0 Å². The van der Waals surface area contributed by atoms with Crippen LogP contribution in [0.3, 0.4) is 0 Å². The van der Waals surface area contributed by atoms with Crippen molar-refractivity contribution in [2.75, 3.05) is 7.05 Å². The molecule has 0 spiro atoms. The number of nitrogens with zero attached hydrogens (tertiary/aromatic N) is 1. The highest BCUT2D eigenvalue weighted by Crippen LogP contribution is 2.26. The summed E-state index contributed by atoms with van der Waals surface area (Å²) in [5.41, 5.74) is 1.11. The number of para-hydroxylation sites is 1. The van der Waals surface area contributed by atoms with E-state index in [0.717, 1.165) is 27.2 Å². The molecule has 1 heterocycles. The molecule has 0 atom stereocenters. The number of benzene rings is 1. The van der Waals surface area contributed by atoms with Crippen LogP contribution in [0.2, 0.25) is 0 Å². The Hall–Kier alpha value is -1.14. The molecule has 0 fully saturated rings. The molecule has 0 aliphatic carbocycles. The van der Waals surface area contributed by atoms with Crippen LogP contribution in [0.1, 0.15) is 5.56 Å². The van der Waals surface area contributed by atoms with Gasteiger partial charge in [0.05, 0.1) is 9.77 Å². The zero-order chi connectivity index (χ0) is 12.1. The summed E-state index contributed by atoms with van der Waals surface area (Å²) in [4.78, 5) is 4.16. The van der Waals surface area contributed by atoms with Crippen LogP contribution in [0.4, 0.5) is 0 Å². The van der Waals surface area contributed by atoms with Gasteiger partial charge in [-0.1, -0.05) is 12.1 Å². The smallest absolute Gasteiger partial charge is 0.146 e. The fraction of sp³-hybridized carbons (Fsp3) is 0.154. The highest BCUT2D eigenvalue weighted by atomic mass is 127. The number of nitrogens with one attached hydrogen (secondary N) is 1. The molecule has 0 bridgehead atoms. The molecule has 0 aliphatic heterocycles. The van der Waals surface area contributed by atoms with E-state index in [2.05, 4.69) is 32.9 Å². The molecule has 1 N–H and O–H groups in total. The average Bonchev–Trinajstić information content (AvgIpc) is 2.33. The zero-order valence-electron chi connectivity index (χ0n) is 9.48. The van der Waals surface area contributed by atoms with Gasteiger partial charge in [-0.25, -0.2) is 0 Å². The Labute approximate surface area is 114 Å². The van der Waals surface area contributed by atoms with E-state index in [1.165, 1.54) is 0 Å². The maximum absolute atomic E-state index is 5.80. The summed E-state index contributed by atoms with van der Waals surface area (Å²) in [6.07, 6.45) is 3.56. The molecule has 3 nitrogen and oxygen atoms in total. The van der Waals surface area contributed by atoms with Crippen LogP contribution in [0, 0.1) is 3.57 Å². The molecule has 17 heavy (non-hydrogen) atoms. The first kappa shape index (κ1) is 12.3. The fourth-order valence-electron chi connectivity index (χ4n) is 1.47. The van der Waals surface area contributed by atoms with Crippen LogP contribution < -0.4 is 10.1 Å². The van der Waals surface area contributed by atoms with Crippen molar-refractivity contribution in [1.82, 2.24) is 10.3 Å². The highest BCUT2D eigenvalue weighted by molar-refractivity contribution is 14.1. The Balaban J connectivity index is 2.18. The van der Waals surface area contributed by atoms with E-state index in [1.54, 1.807) is 6.20 Å². The molecule has 0 amide bonds. The Morgan fingerprint density at radius 2 is 2.12 bits per heavy atom. The first-order valence-corrected chi connectivity index (χ1v) is 6.38. The van der Waals surface area contributed by atoms with Gasteiger partial charge < -0.3 is 10.1 Å². The van der Waals surface area contributed by atoms with Crippen molar-refractivity contribution < 1.29 is 4.74 Å². The number of pyridine rings is 1. The molecule has 0 aliphatic rings. The fourth-order valence-corrected chi connectivity index (χ4v) is 1.97. The molecule has 2 aromatic rings. The summed E-state index contributed by atoms with van der Waals surface area (Å²) >= 11 is 2.25. The summed E-state index contributed by atoms with van der Waals surface area (Å²) in [5.74, 6) is 1.62. The molecule has 0 radical (unpaired) electrons. The maximum Gasteiger partial charge on any atom is 0.146 e. The largest absolute Gasteiger partial charge is 0.455 e. The number of ether oxygens (including phenoxy) is 1. The summed E-state index contributed by atoms with van der Waals surface area (Å²) in [5, 5.41) is 3.09. The number of rotatable bonds is 4. The number of halogens is 1. The number of aromatic nitrogens is 1. The van der Waals surface area contributed by atoms with E-state index in [9.17, 15) is 0 Å². The molecular formula is C13H13IN2O. The van der Waals surface area contributed by atoms with E-state index in [1.807, 2.05) is 43.6 Å². The second-order valence-electron chi connectivity index (χ2n) is 3.59. The monoisotopic (exact) mass is 340 g/mol. The molecule has 0 saturated heterocycles. The molecule has 88 valence electrons. The molecule has 1 aromatic heterocycles. The van der Waals surface area contributed by atoms with Gasteiger partial charge in [-0.05, 0) is 53.4 Å². The summed E-state index contributed by atoms with van der Waals surface area (Å²) in [6.45, 7) is 0.788. The minimum Gasteiger partial charge on any atom is -0.455 e. The van der Waals surface area contributed by atoms with E-state index in [4.69, 9.17) is 4.74 Å². The maximum atomic E-state index is 5.80. The van der Waals surface area contributed by atoms with Gasteiger partial charge in [0.25, 0.3) is 0 Å². The molecular weight excluding hydrogens is 327 g/mol. The standard InChI is InChI=1S/C13H13IN2O/c1-15-7-10-6-11(9-16-8-10)17-13-5-3-2-4-12(13)14/h2-6,8-9,15H,7H2,1H3. The van der Waals surface area contributed by atoms with Crippen molar-refractivity contribution in [3.8, 4) is 11.5 Å². The van der Waals surface area contributed by atoms with Crippen molar-refractivity contribution in [2.24, 2.45) is 0 Å². The number of hydrogen-bond donors (Lipinski definition) is 1. The predicted octanol–water partition coefficient (Wildman–Crippen LogP) is 3.20.